The summed E-state index contributed by atoms with van der Waals surface area (Å²) in [6.07, 6.45) is 0.668. The average Bonchev–Trinajstić information content (AvgIpc) is 2.62. The van der Waals surface area contributed by atoms with Crippen LogP contribution in [-0.4, -0.2) is 30.6 Å². The number of thiocarbonyl (C=S) groups is 1. The van der Waals surface area contributed by atoms with E-state index in [1.54, 1.807) is 31.4 Å². The molecular formula is C19H21N3O3SV. The molecule has 0 fully saturated rings. The number of ether oxygens (including phenoxy) is 1. The Hall–Kier alpha value is -2.35. The zero-order valence-corrected chi connectivity index (χ0v) is 17.3. The fourth-order valence-corrected chi connectivity index (χ4v) is 2.51. The maximum Gasteiger partial charge on any atom is 0.257 e. The number of nitrogens with one attached hydrogen (secondary N) is 3. The van der Waals surface area contributed by atoms with Crippen LogP contribution in [0.3, 0.4) is 0 Å². The minimum Gasteiger partial charge on any atom is -0.495 e. The molecule has 0 aromatic heterocycles. The summed E-state index contributed by atoms with van der Waals surface area (Å²) in [6, 6.07) is 14.4. The molecule has 0 bridgehead atoms. The summed E-state index contributed by atoms with van der Waals surface area (Å²) in [5, 5.41) is 8.56. The van der Waals surface area contributed by atoms with Gasteiger partial charge < -0.3 is 15.4 Å². The Morgan fingerprint density at radius 3 is 2.44 bits per heavy atom. The van der Waals surface area contributed by atoms with Crippen molar-refractivity contribution in [2.24, 2.45) is 0 Å². The van der Waals surface area contributed by atoms with Gasteiger partial charge >= 0.3 is 0 Å². The maximum absolute atomic E-state index is 12.2. The van der Waals surface area contributed by atoms with Gasteiger partial charge in [0.2, 0.25) is 5.91 Å². The molecule has 0 aliphatic carbocycles. The predicted octanol–water partition coefficient (Wildman–Crippen LogP) is 2.50. The monoisotopic (exact) mass is 422 g/mol. The van der Waals surface area contributed by atoms with E-state index >= 15 is 0 Å². The second kappa shape index (κ2) is 11.4. The van der Waals surface area contributed by atoms with E-state index in [0.717, 1.165) is 5.56 Å². The van der Waals surface area contributed by atoms with Gasteiger partial charge in [0.15, 0.2) is 5.11 Å². The average molecular weight is 422 g/mol. The van der Waals surface area contributed by atoms with Crippen LogP contribution in [0, 0.1) is 0 Å². The van der Waals surface area contributed by atoms with E-state index in [9.17, 15) is 9.59 Å². The molecule has 3 N–H and O–H groups in total. The third-order valence-electron chi connectivity index (χ3n) is 3.56. The molecule has 0 atom stereocenters. The third-order valence-corrected chi connectivity index (χ3v) is 3.77. The topological polar surface area (TPSA) is 79.5 Å². The van der Waals surface area contributed by atoms with Gasteiger partial charge in [-0.1, -0.05) is 24.3 Å². The predicted molar refractivity (Wildman–Crippen MR) is 106 cm³/mol. The number of carbonyl (C=O) groups excluding carboxylic acids is 2. The van der Waals surface area contributed by atoms with Crippen LogP contribution in [0.4, 0.5) is 5.69 Å². The van der Waals surface area contributed by atoms with Crippen LogP contribution in [0.15, 0.2) is 48.5 Å². The van der Waals surface area contributed by atoms with E-state index < -0.39 is 0 Å². The van der Waals surface area contributed by atoms with Gasteiger partial charge in [0.25, 0.3) is 5.91 Å². The van der Waals surface area contributed by atoms with Crippen LogP contribution in [0.25, 0.3) is 0 Å². The van der Waals surface area contributed by atoms with Crippen molar-refractivity contribution in [2.75, 3.05) is 19.0 Å². The molecule has 0 saturated heterocycles. The quantitative estimate of drug-likeness (QED) is 0.624. The van der Waals surface area contributed by atoms with Gasteiger partial charge in [0, 0.05) is 37.6 Å². The Labute approximate surface area is 175 Å². The van der Waals surface area contributed by atoms with E-state index in [1.807, 2.05) is 24.3 Å². The van der Waals surface area contributed by atoms with E-state index in [-0.39, 0.29) is 35.5 Å². The summed E-state index contributed by atoms with van der Waals surface area (Å²) in [7, 11) is 1.56. The Kier molecular flexibility index (Phi) is 9.57. The SMILES string of the molecule is COc1ccc(CCNC(C)=O)cc1NC(=S)NC(=O)c1ccccc1.[V]. The molecule has 2 rings (SSSR count). The van der Waals surface area contributed by atoms with Crippen molar-refractivity contribution in [1.29, 1.82) is 0 Å². The zero-order chi connectivity index (χ0) is 18.9. The first kappa shape index (κ1) is 22.7. The molecule has 141 valence electrons. The molecule has 0 saturated carbocycles. The summed E-state index contributed by atoms with van der Waals surface area (Å²) in [4.78, 5) is 23.1. The van der Waals surface area contributed by atoms with Gasteiger partial charge in [0.1, 0.15) is 5.75 Å². The number of benzene rings is 2. The van der Waals surface area contributed by atoms with Crippen molar-refractivity contribution in [3.05, 3.63) is 59.7 Å². The molecule has 2 aromatic rings. The van der Waals surface area contributed by atoms with Gasteiger partial charge in [-0.25, -0.2) is 0 Å². The normalized spacial score (nSPS) is 9.56. The summed E-state index contributed by atoms with van der Waals surface area (Å²) in [6.45, 7) is 2.02. The number of hydrogen-bond donors (Lipinski definition) is 3. The first-order chi connectivity index (χ1) is 12.5. The smallest absolute Gasteiger partial charge is 0.257 e. The van der Waals surface area contributed by atoms with Crippen LogP contribution in [0.2, 0.25) is 0 Å². The number of hydrogen-bond acceptors (Lipinski definition) is 4. The van der Waals surface area contributed by atoms with Crippen LogP contribution in [0.5, 0.6) is 5.75 Å². The Morgan fingerprint density at radius 1 is 1.11 bits per heavy atom. The molecule has 0 spiro atoms. The van der Waals surface area contributed by atoms with Crippen LogP contribution in [0.1, 0.15) is 22.8 Å². The van der Waals surface area contributed by atoms with Crippen molar-refractivity contribution in [2.45, 2.75) is 13.3 Å². The Balaban J connectivity index is 0.00000364. The first-order valence-corrected chi connectivity index (χ1v) is 8.49. The van der Waals surface area contributed by atoms with Crippen LogP contribution in [-0.2, 0) is 29.8 Å². The van der Waals surface area contributed by atoms with Gasteiger partial charge in [-0.2, -0.15) is 0 Å². The fourth-order valence-electron chi connectivity index (χ4n) is 2.31. The summed E-state index contributed by atoms with van der Waals surface area (Å²) in [5.41, 5.74) is 2.16. The molecule has 2 aromatic carbocycles. The van der Waals surface area contributed by atoms with Crippen molar-refractivity contribution in [1.82, 2.24) is 10.6 Å². The van der Waals surface area contributed by atoms with E-state index in [0.29, 0.717) is 30.0 Å². The molecule has 0 heterocycles. The van der Waals surface area contributed by atoms with Gasteiger partial charge in [0.05, 0.1) is 12.8 Å². The Morgan fingerprint density at radius 2 is 1.81 bits per heavy atom. The molecule has 0 aliphatic heterocycles. The van der Waals surface area contributed by atoms with Crippen molar-refractivity contribution < 1.29 is 32.9 Å². The number of amides is 2. The number of rotatable bonds is 6. The number of methoxy groups -OCH3 is 1. The molecule has 1 radical (unpaired) electrons. The molecule has 2 amide bonds. The second-order valence-corrected chi connectivity index (χ2v) is 5.95. The van der Waals surface area contributed by atoms with Crippen LogP contribution >= 0.6 is 12.2 Å². The van der Waals surface area contributed by atoms with Gasteiger partial charge in [-0.15, -0.1) is 0 Å². The summed E-state index contributed by atoms with van der Waals surface area (Å²) in [5.74, 6) is 0.245. The minimum absolute atomic E-state index is 0. The van der Waals surface area contributed by atoms with Gasteiger partial charge in [-0.3, -0.25) is 14.9 Å². The van der Waals surface area contributed by atoms with E-state index in [1.165, 1.54) is 6.92 Å². The zero-order valence-electron chi connectivity index (χ0n) is 15.1. The second-order valence-electron chi connectivity index (χ2n) is 5.54. The van der Waals surface area contributed by atoms with E-state index in [4.69, 9.17) is 17.0 Å². The van der Waals surface area contributed by atoms with Gasteiger partial charge in [-0.05, 0) is 48.5 Å². The summed E-state index contributed by atoms with van der Waals surface area (Å²) < 4.78 is 5.33. The molecule has 8 heteroatoms. The third kappa shape index (κ3) is 7.42. The van der Waals surface area contributed by atoms with Crippen molar-refractivity contribution in [3.63, 3.8) is 0 Å². The maximum atomic E-state index is 12.2. The minimum atomic E-state index is -0.288. The van der Waals surface area contributed by atoms with Crippen molar-refractivity contribution >= 4 is 34.8 Å². The Bertz CT molecular complexity index is 800. The molecular weight excluding hydrogens is 401 g/mol. The van der Waals surface area contributed by atoms with Crippen LogP contribution < -0.4 is 20.7 Å². The summed E-state index contributed by atoms with van der Waals surface area (Å²) >= 11 is 5.23. The standard InChI is InChI=1S/C19H21N3O3S.V/c1-13(23)20-11-10-14-8-9-17(25-2)16(12-14)21-19(26)22-18(24)15-6-4-3-5-7-15;/h3-9,12H,10-11H2,1-2H3,(H,20,23)(H2,21,22,24,26);. The largest absolute Gasteiger partial charge is 0.495 e. The fraction of sp³-hybridized carbons (Fsp3) is 0.211. The van der Waals surface area contributed by atoms with E-state index in [2.05, 4.69) is 16.0 Å². The number of carbonyl (C=O) groups is 2. The molecule has 0 unspecified atom stereocenters. The number of anilines is 1. The first-order valence-electron chi connectivity index (χ1n) is 8.08. The van der Waals surface area contributed by atoms with Crippen molar-refractivity contribution in [3.8, 4) is 5.75 Å². The molecule has 0 aliphatic rings. The molecule has 27 heavy (non-hydrogen) atoms. The molecule has 6 nitrogen and oxygen atoms in total.